The van der Waals surface area contributed by atoms with Crippen LogP contribution < -0.4 is 19.9 Å². The van der Waals surface area contributed by atoms with Crippen LogP contribution >= 0.6 is 0 Å². The zero-order valence-electron chi connectivity index (χ0n) is 15.7. The molecule has 0 unspecified atom stereocenters. The van der Waals surface area contributed by atoms with E-state index in [2.05, 4.69) is 10.2 Å². The number of hydrogen-bond donors (Lipinski definition) is 2. The molecule has 1 aromatic heterocycles. The highest BCUT2D eigenvalue weighted by Crippen LogP contribution is 2.49. The van der Waals surface area contributed by atoms with Gasteiger partial charge < -0.3 is 19.9 Å². The minimum absolute atomic E-state index is 0.00569. The van der Waals surface area contributed by atoms with Gasteiger partial charge in [0.25, 0.3) is 0 Å². The fraction of sp³-hybridized carbons (Fsp3) is 0.143. The van der Waals surface area contributed by atoms with Gasteiger partial charge in [-0.3, -0.25) is 5.10 Å². The first-order valence-electron chi connectivity index (χ1n) is 9.10. The lowest BCUT2D eigenvalue weighted by molar-refractivity contribution is -0.138. The summed E-state index contributed by atoms with van der Waals surface area (Å²) in [5.41, 5.74) is 5.99. The largest absolute Gasteiger partial charge is 0.454 e. The Morgan fingerprint density at radius 3 is 2.68 bits per heavy atom. The fourth-order valence-electron chi connectivity index (χ4n) is 3.84. The second-order valence-corrected chi connectivity index (χ2v) is 6.90. The molecule has 0 saturated heterocycles. The maximum atomic E-state index is 13.8. The third-order valence-electron chi connectivity index (χ3n) is 5.18. The molecule has 0 radical (unpaired) electrons. The number of halogens is 3. The molecule has 2 aliphatic rings. The van der Waals surface area contributed by atoms with Gasteiger partial charge in [0.15, 0.2) is 11.5 Å². The summed E-state index contributed by atoms with van der Waals surface area (Å²) in [6.45, 7) is 0.0718. The maximum Gasteiger partial charge on any atom is 0.416 e. The fourth-order valence-corrected chi connectivity index (χ4v) is 3.84. The summed E-state index contributed by atoms with van der Waals surface area (Å²) in [5.74, 6) is -0.382. The number of nitrogens with two attached hydrogens (primary N) is 1. The summed E-state index contributed by atoms with van der Waals surface area (Å²) >= 11 is 0. The molecule has 0 saturated carbocycles. The van der Waals surface area contributed by atoms with Crippen LogP contribution in [-0.4, -0.2) is 17.0 Å². The van der Waals surface area contributed by atoms with Crippen LogP contribution in [0.3, 0.4) is 0 Å². The number of alkyl halides is 3. The van der Waals surface area contributed by atoms with E-state index >= 15 is 0 Å². The zero-order valence-corrected chi connectivity index (χ0v) is 15.7. The highest BCUT2D eigenvalue weighted by molar-refractivity contribution is 5.73. The molecule has 3 N–H and O–H groups in total. The first kappa shape index (κ1) is 18.9. The van der Waals surface area contributed by atoms with Gasteiger partial charge in [-0.2, -0.15) is 18.4 Å². The number of ether oxygens (including phenoxy) is 3. The third-order valence-corrected chi connectivity index (χ3v) is 5.18. The van der Waals surface area contributed by atoms with Crippen LogP contribution in [-0.2, 0) is 6.18 Å². The topological polar surface area (TPSA) is 106 Å². The molecule has 0 spiro atoms. The smallest absolute Gasteiger partial charge is 0.416 e. The molecule has 1 atom stereocenters. The average Bonchev–Trinajstić information content (AvgIpc) is 3.38. The number of aromatic amines is 1. The van der Waals surface area contributed by atoms with Gasteiger partial charge in [-0.05, 0) is 29.8 Å². The third kappa shape index (κ3) is 2.93. The molecule has 156 valence electrons. The van der Waals surface area contributed by atoms with E-state index in [0.29, 0.717) is 22.8 Å². The molecule has 0 aliphatic carbocycles. The summed E-state index contributed by atoms with van der Waals surface area (Å²) in [6.07, 6.45) is -4.63. The van der Waals surface area contributed by atoms with Crippen LogP contribution in [0.4, 0.5) is 13.2 Å². The Morgan fingerprint density at radius 2 is 1.90 bits per heavy atom. The number of benzene rings is 2. The quantitative estimate of drug-likeness (QED) is 0.641. The number of fused-ring (bicyclic) bond motifs is 2. The summed E-state index contributed by atoms with van der Waals surface area (Å²) in [5, 5.41) is 16.6. The van der Waals surface area contributed by atoms with Gasteiger partial charge in [0.05, 0.1) is 22.7 Å². The van der Waals surface area contributed by atoms with Crippen molar-refractivity contribution in [2.24, 2.45) is 5.73 Å². The number of allylic oxidation sites excluding steroid dienone is 1. The van der Waals surface area contributed by atoms with Crippen molar-refractivity contribution in [3.63, 3.8) is 0 Å². The van der Waals surface area contributed by atoms with E-state index in [4.69, 9.17) is 19.9 Å². The van der Waals surface area contributed by atoms with E-state index in [1.165, 1.54) is 18.2 Å². The van der Waals surface area contributed by atoms with Gasteiger partial charge in [-0.25, -0.2) is 0 Å². The maximum absolute atomic E-state index is 13.8. The van der Waals surface area contributed by atoms with Crippen LogP contribution in [0.1, 0.15) is 22.6 Å². The van der Waals surface area contributed by atoms with Crippen LogP contribution in [0, 0.1) is 11.3 Å². The molecular weight excluding hydrogens is 413 g/mol. The van der Waals surface area contributed by atoms with Gasteiger partial charge in [0, 0.05) is 5.56 Å². The summed E-state index contributed by atoms with van der Waals surface area (Å²) < 4.78 is 57.5. The summed E-state index contributed by atoms with van der Waals surface area (Å²) in [6, 6.07) is 12.0. The number of H-pyrrole nitrogens is 1. The molecule has 10 heteroatoms. The monoisotopic (exact) mass is 426 g/mol. The van der Waals surface area contributed by atoms with Gasteiger partial charge in [-0.15, -0.1) is 5.10 Å². The van der Waals surface area contributed by atoms with E-state index in [1.807, 2.05) is 6.07 Å². The molecule has 2 aliphatic heterocycles. The molecule has 0 bridgehead atoms. The van der Waals surface area contributed by atoms with E-state index in [-0.39, 0.29) is 35.3 Å². The molecule has 3 heterocycles. The molecule has 31 heavy (non-hydrogen) atoms. The highest BCUT2D eigenvalue weighted by Gasteiger charge is 2.41. The Hall–Kier alpha value is -4.13. The van der Waals surface area contributed by atoms with Crippen LogP contribution in [0.15, 0.2) is 53.9 Å². The predicted molar refractivity (Wildman–Crippen MR) is 101 cm³/mol. The Morgan fingerprint density at radius 1 is 1.13 bits per heavy atom. The molecule has 7 nitrogen and oxygen atoms in total. The number of nitrogens with zero attached hydrogens (tertiary/aromatic N) is 2. The van der Waals surface area contributed by atoms with Gasteiger partial charge in [0.2, 0.25) is 18.6 Å². The summed E-state index contributed by atoms with van der Waals surface area (Å²) in [4.78, 5) is 0. The van der Waals surface area contributed by atoms with E-state index in [0.717, 1.165) is 6.07 Å². The van der Waals surface area contributed by atoms with Gasteiger partial charge in [-0.1, -0.05) is 18.2 Å². The zero-order chi connectivity index (χ0) is 21.8. The average molecular weight is 426 g/mol. The standard InChI is InChI=1S/C21H13F3N4O3/c22-21(23,24)13-4-2-1-3-11(13)16-12(8-25)19(26)31-20-17(16)18(27-28-20)10-5-6-14-15(7-10)30-9-29-14/h1-7,16H,9,26H2,(H,27,28)/t16-/m1/s1. The van der Waals surface area contributed by atoms with Crippen molar-refractivity contribution in [3.05, 3.63) is 70.6 Å². The predicted octanol–water partition coefficient (Wildman–Crippen LogP) is 4.04. The van der Waals surface area contributed by atoms with Crippen molar-refractivity contribution in [1.82, 2.24) is 10.2 Å². The van der Waals surface area contributed by atoms with Crippen molar-refractivity contribution in [2.45, 2.75) is 12.1 Å². The first-order chi connectivity index (χ1) is 14.9. The first-order valence-corrected chi connectivity index (χ1v) is 9.10. The Bertz CT molecular complexity index is 1270. The van der Waals surface area contributed by atoms with E-state index < -0.39 is 17.7 Å². The second kappa shape index (κ2) is 6.70. The molecule has 0 amide bonds. The van der Waals surface area contributed by atoms with Crippen LogP contribution in [0.5, 0.6) is 17.4 Å². The molecule has 0 fully saturated rings. The van der Waals surface area contributed by atoms with Crippen molar-refractivity contribution in [2.75, 3.05) is 6.79 Å². The van der Waals surface area contributed by atoms with Crippen LogP contribution in [0.25, 0.3) is 11.3 Å². The lowest BCUT2D eigenvalue weighted by atomic mass is 9.81. The van der Waals surface area contributed by atoms with Crippen molar-refractivity contribution in [3.8, 4) is 34.7 Å². The minimum atomic E-state index is -4.63. The Kier molecular flexibility index (Phi) is 4.08. The minimum Gasteiger partial charge on any atom is -0.454 e. The Labute approximate surface area is 173 Å². The number of nitrogens with one attached hydrogen (secondary N) is 1. The van der Waals surface area contributed by atoms with Crippen molar-refractivity contribution >= 4 is 0 Å². The SMILES string of the molecule is N#CC1=C(N)Oc2n[nH]c(-c3ccc4c(c3)OCO4)c2[C@@H]1c1ccccc1C(F)(F)F. The molecular formula is C21H13F3N4O3. The van der Waals surface area contributed by atoms with Crippen molar-refractivity contribution in [1.29, 1.82) is 5.26 Å². The molecule has 3 aromatic rings. The molecule has 2 aromatic carbocycles. The number of aromatic nitrogens is 2. The number of hydrogen-bond acceptors (Lipinski definition) is 6. The highest BCUT2D eigenvalue weighted by atomic mass is 19.4. The van der Waals surface area contributed by atoms with Gasteiger partial charge >= 0.3 is 6.18 Å². The van der Waals surface area contributed by atoms with Gasteiger partial charge in [0.1, 0.15) is 11.6 Å². The summed E-state index contributed by atoms with van der Waals surface area (Å²) in [7, 11) is 0. The molecule has 5 rings (SSSR count). The normalized spacial score (nSPS) is 17.2. The second-order valence-electron chi connectivity index (χ2n) is 6.90. The Balaban J connectivity index is 1.75. The number of rotatable bonds is 2. The van der Waals surface area contributed by atoms with Crippen molar-refractivity contribution < 1.29 is 27.4 Å². The van der Waals surface area contributed by atoms with E-state index in [1.54, 1.807) is 18.2 Å². The number of nitriles is 1. The van der Waals surface area contributed by atoms with Crippen LogP contribution in [0.2, 0.25) is 0 Å². The van der Waals surface area contributed by atoms with E-state index in [9.17, 15) is 18.4 Å². The lowest BCUT2D eigenvalue weighted by Gasteiger charge is -2.26. The lowest BCUT2D eigenvalue weighted by Crippen LogP contribution is -2.23.